The Labute approximate surface area is 246 Å². The minimum atomic E-state index is -0.351. The molecule has 9 heteroatoms. The number of hydrogen-bond acceptors (Lipinski definition) is 6. The minimum absolute atomic E-state index is 0.115. The number of hydrogen-bond donors (Lipinski definition) is 1. The fraction of sp³-hybridized carbons (Fsp3) is 0.375. The lowest BCUT2D eigenvalue weighted by Gasteiger charge is -2.23. The highest BCUT2D eigenvalue weighted by Gasteiger charge is 2.20. The van der Waals surface area contributed by atoms with Gasteiger partial charge in [0.05, 0.1) is 18.8 Å². The maximum absolute atomic E-state index is 13.2. The first-order chi connectivity index (χ1) is 20.0. The van der Waals surface area contributed by atoms with Gasteiger partial charge in [0.2, 0.25) is 5.91 Å². The molecule has 2 aliphatic heterocycles. The monoisotopic (exact) mass is 577 g/mol. The number of carbonyl (C=O) groups is 2. The average molecular weight is 578 g/mol. The van der Waals surface area contributed by atoms with Crippen molar-refractivity contribution >= 4 is 29.1 Å². The van der Waals surface area contributed by atoms with E-state index in [-0.39, 0.29) is 25.0 Å². The molecule has 1 fully saturated rings. The fourth-order valence-electron chi connectivity index (χ4n) is 5.01. The first kappa shape index (κ1) is 28.8. The van der Waals surface area contributed by atoms with Crippen LogP contribution in [0.4, 0.5) is 5.69 Å². The van der Waals surface area contributed by atoms with Gasteiger partial charge in [-0.15, -0.1) is 0 Å². The van der Waals surface area contributed by atoms with Gasteiger partial charge in [-0.05, 0) is 93.2 Å². The molecule has 2 amide bonds. The molecule has 2 aliphatic rings. The first-order valence-electron chi connectivity index (χ1n) is 14.2. The largest absolute Gasteiger partial charge is 0.490 e. The van der Waals surface area contributed by atoms with E-state index in [1.807, 2.05) is 48.5 Å². The second-order valence-corrected chi connectivity index (χ2v) is 10.8. The zero-order valence-electron chi connectivity index (χ0n) is 23.1. The molecule has 3 aromatic carbocycles. The predicted molar refractivity (Wildman–Crippen MR) is 159 cm³/mol. The second kappa shape index (κ2) is 14.2. The number of carbonyl (C=O) groups excluding carboxylic acids is 2. The number of halogens is 1. The van der Waals surface area contributed by atoms with Crippen LogP contribution in [0.1, 0.15) is 37.7 Å². The highest BCUT2D eigenvalue weighted by Crippen LogP contribution is 2.36. The van der Waals surface area contributed by atoms with Crippen molar-refractivity contribution in [3.63, 3.8) is 0 Å². The summed E-state index contributed by atoms with van der Waals surface area (Å²) in [6.07, 6.45) is 4.88. The summed E-state index contributed by atoms with van der Waals surface area (Å²) in [5.74, 6) is 1.60. The summed E-state index contributed by atoms with van der Waals surface area (Å²) >= 11 is 6.23. The number of para-hydroxylation sites is 2. The topological polar surface area (TPSA) is 80.3 Å². The van der Waals surface area contributed by atoms with E-state index in [0.717, 1.165) is 38.9 Å². The number of ether oxygens (including phenoxy) is 3. The van der Waals surface area contributed by atoms with Gasteiger partial charge in [0.25, 0.3) is 5.91 Å². The zero-order chi connectivity index (χ0) is 28.4. The van der Waals surface area contributed by atoms with Gasteiger partial charge in [-0.25, -0.2) is 0 Å². The molecular formula is C32H36ClN3O5. The Bertz CT molecular complexity index is 1330. The average Bonchev–Trinajstić information content (AvgIpc) is 3.48. The Morgan fingerprint density at radius 3 is 2.44 bits per heavy atom. The zero-order valence-corrected chi connectivity index (χ0v) is 23.9. The van der Waals surface area contributed by atoms with Crippen LogP contribution in [0, 0.1) is 0 Å². The maximum Gasteiger partial charge on any atom is 0.260 e. The van der Waals surface area contributed by atoms with Crippen molar-refractivity contribution in [1.29, 1.82) is 0 Å². The van der Waals surface area contributed by atoms with E-state index in [9.17, 15) is 9.59 Å². The van der Waals surface area contributed by atoms with Gasteiger partial charge in [0.15, 0.2) is 23.9 Å². The summed E-state index contributed by atoms with van der Waals surface area (Å²) in [5.41, 5.74) is 1.63. The van der Waals surface area contributed by atoms with Crippen LogP contribution in [0.5, 0.6) is 23.0 Å². The van der Waals surface area contributed by atoms with Crippen LogP contribution >= 0.6 is 11.6 Å². The lowest BCUT2D eigenvalue weighted by molar-refractivity contribution is -0.136. The van der Waals surface area contributed by atoms with E-state index < -0.39 is 0 Å². The van der Waals surface area contributed by atoms with E-state index in [1.165, 1.54) is 23.3 Å². The number of fused-ring (bicyclic) bond motifs is 2. The Hall–Kier alpha value is -3.75. The molecule has 41 heavy (non-hydrogen) atoms. The molecule has 0 saturated carbocycles. The van der Waals surface area contributed by atoms with Crippen molar-refractivity contribution in [1.82, 2.24) is 9.80 Å². The number of nitrogens with one attached hydrogen (secondary N) is 1. The van der Waals surface area contributed by atoms with Crippen LogP contribution in [-0.2, 0) is 16.1 Å². The van der Waals surface area contributed by atoms with Crippen molar-refractivity contribution in [2.45, 2.75) is 38.6 Å². The quantitative estimate of drug-likeness (QED) is 0.392. The third kappa shape index (κ3) is 8.38. The molecule has 5 rings (SSSR count). The van der Waals surface area contributed by atoms with Crippen LogP contribution in [0.3, 0.4) is 0 Å². The Morgan fingerprint density at radius 2 is 1.63 bits per heavy atom. The van der Waals surface area contributed by atoms with E-state index in [0.29, 0.717) is 46.9 Å². The molecule has 0 radical (unpaired) electrons. The van der Waals surface area contributed by atoms with Crippen LogP contribution in [0.25, 0.3) is 0 Å². The van der Waals surface area contributed by atoms with Gasteiger partial charge >= 0.3 is 0 Å². The summed E-state index contributed by atoms with van der Waals surface area (Å²) in [7, 11) is 0. The molecule has 1 saturated heterocycles. The maximum atomic E-state index is 13.2. The van der Waals surface area contributed by atoms with Crippen LogP contribution < -0.4 is 19.5 Å². The summed E-state index contributed by atoms with van der Waals surface area (Å²) in [6.45, 7) is 3.89. The molecule has 0 aromatic heterocycles. The summed E-state index contributed by atoms with van der Waals surface area (Å²) in [4.78, 5) is 30.3. The molecule has 3 aromatic rings. The highest BCUT2D eigenvalue weighted by atomic mass is 35.5. The second-order valence-electron chi connectivity index (χ2n) is 10.4. The molecule has 1 N–H and O–H groups in total. The number of benzene rings is 3. The standard InChI is InChI=1S/C32H36ClN3O5/c33-25-12-15-28-27(20-25)34-31(37)22-36(18-4-1-7-19-39-29-8-2-3-9-30(29)41-28)32(38)23-40-26-13-10-24(11-14-26)21-35-16-5-6-17-35/h2-3,8-15,20H,1,4-7,16-19,21-23H2,(H,34,37). The van der Waals surface area contributed by atoms with Crippen molar-refractivity contribution < 1.29 is 23.8 Å². The smallest absolute Gasteiger partial charge is 0.260 e. The summed E-state index contributed by atoms with van der Waals surface area (Å²) in [6, 6.07) is 20.3. The molecule has 0 aliphatic carbocycles. The van der Waals surface area contributed by atoms with Crippen LogP contribution in [0.2, 0.25) is 5.02 Å². The number of anilines is 1. The number of rotatable bonds is 5. The summed E-state index contributed by atoms with van der Waals surface area (Å²) < 4.78 is 17.9. The van der Waals surface area contributed by atoms with Crippen molar-refractivity contribution in [2.75, 3.05) is 44.7 Å². The Kier molecular flexibility index (Phi) is 9.99. The Morgan fingerprint density at radius 1 is 0.878 bits per heavy atom. The van der Waals surface area contributed by atoms with E-state index >= 15 is 0 Å². The van der Waals surface area contributed by atoms with Gasteiger partial charge in [0, 0.05) is 18.1 Å². The molecule has 2 heterocycles. The van der Waals surface area contributed by atoms with Gasteiger partial charge in [-0.3, -0.25) is 14.5 Å². The Balaban J connectivity index is 1.24. The van der Waals surface area contributed by atoms with Crippen molar-refractivity contribution in [2.24, 2.45) is 0 Å². The number of amides is 2. The van der Waals surface area contributed by atoms with Gasteiger partial charge in [0.1, 0.15) is 5.75 Å². The lowest BCUT2D eigenvalue weighted by atomic mass is 10.2. The van der Waals surface area contributed by atoms with E-state index in [1.54, 1.807) is 18.2 Å². The van der Waals surface area contributed by atoms with E-state index in [2.05, 4.69) is 10.2 Å². The third-order valence-corrected chi connectivity index (χ3v) is 7.43. The molecule has 0 atom stereocenters. The van der Waals surface area contributed by atoms with Gasteiger partial charge in [-0.2, -0.15) is 0 Å². The normalized spacial score (nSPS) is 16.7. The van der Waals surface area contributed by atoms with E-state index in [4.69, 9.17) is 25.8 Å². The number of nitrogens with zero attached hydrogens (tertiary/aromatic N) is 2. The SMILES string of the molecule is O=C1CN(C(=O)COc2ccc(CN3CCCC3)cc2)CCCCCOc2ccccc2Oc2ccc(Cl)cc2N1. The molecule has 0 bridgehead atoms. The number of likely N-dealkylation sites (tertiary alicyclic amines) is 1. The summed E-state index contributed by atoms with van der Waals surface area (Å²) in [5, 5.41) is 3.32. The molecule has 0 spiro atoms. The molecular weight excluding hydrogens is 542 g/mol. The highest BCUT2D eigenvalue weighted by molar-refractivity contribution is 6.31. The predicted octanol–water partition coefficient (Wildman–Crippen LogP) is 6.14. The first-order valence-corrected chi connectivity index (χ1v) is 14.6. The molecule has 0 unspecified atom stereocenters. The van der Waals surface area contributed by atoms with Gasteiger partial charge in [-0.1, -0.05) is 35.9 Å². The third-order valence-electron chi connectivity index (χ3n) is 7.19. The fourth-order valence-corrected chi connectivity index (χ4v) is 5.18. The lowest BCUT2D eigenvalue weighted by Crippen LogP contribution is -2.41. The van der Waals surface area contributed by atoms with Crippen LogP contribution in [-0.4, -0.2) is 61.0 Å². The van der Waals surface area contributed by atoms with Crippen molar-refractivity contribution in [3.8, 4) is 23.0 Å². The van der Waals surface area contributed by atoms with Crippen molar-refractivity contribution in [3.05, 3.63) is 77.3 Å². The minimum Gasteiger partial charge on any atom is -0.490 e. The van der Waals surface area contributed by atoms with Crippen LogP contribution in [0.15, 0.2) is 66.7 Å². The van der Waals surface area contributed by atoms with Gasteiger partial charge < -0.3 is 24.4 Å². The molecule has 8 nitrogen and oxygen atoms in total. The molecule has 216 valence electrons.